The number of hydrogen-bond acceptors (Lipinski definition) is 4. The van der Waals surface area contributed by atoms with Gasteiger partial charge in [0.2, 0.25) is 21.8 Å². The van der Waals surface area contributed by atoms with Gasteiger partial charge in [-0.1, -0.05) is 46.9 Å². The van der Waals surface area contributed by atoms with E-state index in [9.17, 15) is 18.0 Å². The lowest BCUT2D eigenvalue weighted by atomic mass is 10.1. The number of carbonyl (C=O) groups is 2. The second-order valence-electron chi connectivity index (χ2n) is 9.34. The number of rotatable bonds is 8. The first-order valence-electron chi connectivity index (χ1n) is 10.8. The number of halogens is 3. The topological polar surface area (TPSA) is 86.8 Å². The van der Waals surface area contributed by atoms with E-state index < -0.39 is 40.0 Å². The Morgan fingerprint density at radius 3 is 2.14 bits per heavy atom. The van der Waals surface area contributed by atoms with Crippen LogP contribution in [-0.2, 0) is 26.2 Å². The zero-order valence-corrected chi connectivity index (χ0v) is 23.6. The SMILES string of the molecule is Cc1ccc(Cl)cc1N(CC(=O)N(Cc1c(Cl)cccc1Cl)C(C)C(=O)NC(C)(C)C)S(C)(=O)=O. The van der Waals surface area contributed by atoms with Crippen LogP contribution in [0.3, 0.4) is 0 Å². The van der Waals surface area contributed by atoms with Crippen molar-refractivity contribution in [3.63, 3.8) is 0 Å². The van der Waals surface area contributed by atoms with Crippen LogP contribution in [0.25, 0.3) is 0 Å². The number of carbonyl (C=O) groups excluding carboxylic acids is 2. The Labute approximate surface area is 222 Å². The number of sulfonamides is 1. The Balaban J connectivity index is 2.51. The normalized spacial score (nSPS) is 12.7. The first kappa shape index (κ1) is 29.2. The Morgan fingerprint density at radius 2 is 1.63 bits per heavy atom. The van der Waals surface area contributed by atoms with Crippen molar-refractivity contribution in [2.24, 2.45) is 0 Å². The van der Waals surface area contributed by atoms with Gasteiger partial charge in [-0.3, -0.25) is 13.9 Å². The molecule has 2 amide bonds. The first-order valence-corrected chi connectivity index (χ1v) is 13.8. The van der Waals surface area contributed by atoms with Crippen molar-refractivity contribution in [1.82, 2.24) is 10.2 Å². The third-order valence-corrected chi connectivity index (χ3v) is 7.24. The van der Waals surface area contributed by atoms with Gasteiger partial charge in [0, 0.05) is 32.7 Å². The summed E-state index contributed by atoms with van der Waals surface area (Å²) in [6, 6.07) is 8.76. The number of aryl methyl sites for hydroxylation is 1. The van der Waals surface area contributed by atoms with Crippen LogP contribution < -0.4 is 9.62 Å². The largest absolute Gasteiger partial charge is 0.350 e. The maximum Gasteiger partial charge on any atom is 0.244 e. The molecule has 0 saturated heterocycles. The fourth-order valence-electron chi connectivity index (χ4n) is 3.36. The van der Waals surface area contributed by atoms with E-state index in [1.165, 1.54) is 11.0 Å². The summed E-state index contributed by atoms with van der Waals surface area (Å²) in [4.78, 5) is 27.9. The summed E-state index contributed by atoms with van der Waals surface area (Å²) in [6.45, 7) is 8.11. The number of amides is 2. The molecule has 0 radical (unpaired) electrons. The highest BCUT2D eigenvalue weighted by atomic mass is 35.5. The van der Waals surface area contributed by atoms with E-state index >= 15 is 0 Å². The van der Waals surface area contributed by atoms with Gasteiger partial charge in [0.25, 0.3) is 0 Å². The van der Waals surface area contributed by atoms with Gasteiger partial charge in [0.1, 0.15) is 12.6 Å². The van der Waals surface area contributed by atoms with E-state index in [-0.39, 0.29) is 12.2 Å². The summed E-state index contributed by atoms with van der Waals surface area (Å²) in [6.07, 6.45) is 1.01. The van der Waals surface area contributed by atoms with Gasteiger partial charge in [0.15, 0.2) is 0 Å². The van der Waals surface area contributed by atoms with E-state index in [1.807, 2.05) is 20.8 Å². The van der Waals surface area contributed by atoms with E-state index in [4.69, 9.17) is 34.8 Å². The lowest BCUT2D eigenvalue weighted by Gasteiger charge is -2.33. The lowest BCUT2D eigenvalue weighted by molar-refractivity contribution is -0.140. The van der Waals surface area contributed by atoms with Gasteiger partial charge in [-0.25, -0.2) is 8.42 Å². The maximum atomic E-state index is 13.6. The molecule has 1 atom stereocenters. The predicted octanol–water partition coefficient (Wildman–Crippen LogP) is 5.05. The zero-order valence-electron chi connectivity index (χ0n) is 20.5. The van der Waals surface area contributed by atoms with E-state index in [0.29, 0.717) is 26.2 Å². The molecule has 7 nitrogen and oxygen atoms in total. The predicted molar refractivity (Wildman–Crippen MR) is 143 cm³/mol. The third kappa shape index (κ3) is 8.00. The van der Waals surface area contributed by atoms with Gasteiger partial charge < -0.3 is 10.2 Å². The maximum absolute atomic E-state index is 13.6. The highest BCUT2D eigenvalue weighted by molar-refractivity contribution is 7.92. The molecule has 0 fully saturated rings. The minimum absolute atomic E-state index is 0.0950. The molecule has 0 heterocycles. The molecule has 0 saturated carbocycles. The molecule has 1 unspecified atom stereocenters. The minimum atomic E-state index is -3.88. The summed E-state index contributed by atoms with van der Waals surface area (Å²) < 4.78 is 26.4. The van der Waals surface area contributed by atoms with Gasteiger partial charge in [0.05, 0.1) is 11.9 Å². The van der Waals surface area contributed by atoms with Gasteiger partial charge >= 0.3 is 0 Å². The van der Waals surface area contributed by atoms with Gasteiger partial charge in [-0.05, 0) is 64.4 Å². The fraction of sp³-hybridized carbons (Fsp3) is 0.417. The molecule has 0 aliphatic heterocycles. The molecule has 0 spiro atoms. The molecular formula is C24H30Cl3N3O4S. The minimum Gasteiger partial charge on any atom is -0.350 e. The summed E-state index contributed by atoms with van der Waals surface area (Å²) in [5.41, 5.74) is 0.797. The highest BCUT2D eigenvalue weighted by Crippen LogP contribution is 2.29. The molecular weight excluding hydrogens is 533 g/mol. The van der Waals surface area contributed by atoms with E-state index in [2.05, 4.69) is 5.32 Å². The van der Waals surface area contributed by atoms with Crippen molar-refractivity contribution in [2.45, 2.75) is 52.7 Å². The van der Waals surface area contributed by atoms with Crippen molar-refractivity contribution < 1.29 is 18.0 Å². The van der Waals surface area contributed by atoms with E-state index in [0.717, 1.165) is 10.6 Å². The number of nitrogens with one attached hydrogen (secondary N) is 1. The van der Waals surface area contributed by atoms with Gasteiger partial charge in [-0.15, -0.1) is 0 Å². The molecule has 35 heavy (non-hydrogen) atoms. The summed E-state index contributed by atoms with van der Waals surface area (Å²) in [5, 5.41) is 3.82. The van der Waals surface area contributed by atoms with Crippen molar-refractivity contribution in [2.75, 3.05) is 17.1 Å². The summed E-state index contributed by atoms with van der Waals surface area (Å²) in [7, 11) is -3.88. The Bertz CT molecular complexity index is 1190. The first-order chi connectivity index (χ1) is 16.0. The Kier molecular flexibility index (Phi) is 9.50. The molecule has 192 valence electrons. The third-order valence-electron chi connectivity index (χ3n) is 5.17. The molecule has 2 rings (SSSR count). The number of benzene rings is 2. The molecule has 1 N–H and O–H groups in total. The van der Waals surface area contributed by atoms with Crippen LogP contribution in [0.15, 0.2) is 36.4 Å². The van der Waals surface area contributed by atoms with Crippen LogP contribution in [0.4, 0.5) is 5.69 Å². The Hall–Kier alpha value is -2.00. The fourth-order valence-corrected chi connectivity index (χ4v) is 4.94. The number of anilines is 1. The van der Waals surface area contributed by atoms with Crippen molar-refractivity contribution in [1.29, 1.82) is 0 Å². The zero-order chi connectivity index (χ0) is 26.7. The number of nitrogens with zero attached hydrogens (tertiary/aromatic N) is 2. The van der Waals surface area contributed by atoms with Crippen LogP contribution in [0, 0.1) is 6.92 Å². The highest BCUT2D eigenvalue weighted by Gasteiger charge is 2.32. The number of hydrogen-bond donors (Lipinski definition) is 1. The second-order valence-corrected chi connectivity index (χ2v) is 12.5. The van der Waals surface area contributed by atoms with Crippen LogP contribution in [-0.4, -0.2) is 49.5 Å². The lowest BCUT2D eigenvalue weighted by Crippen LogP contribution is -2.54. The molecule has 0 aliphatic rings. The molecule has 0 aliphatic carbocycles. The quantitative estimate of drug-likeness (QED) is 0.488. The van der Waals surface area contributed by atoms with Crippen molar-refractivity contribution >= 4 is 62.3 Å². The van der Waals surface area contributed by atoms with Crippen molar-refractivity contribution in [3.05, 3.63) is 62.6 Å². The van der Waals surface area contributed by atoms with Crippen LogP contribution in [0.5, 0.6) is 0 Å². The van der Waals surface area contributed by atoms with Crippen LogP contribution in [0.2, 0.25) is 15.1 Å². The summed E-state index contributed by atoms with van der Waals surface area (Å²) >= 11 is 18.8. The molecule has 0 aromatic heterocycles. The smallest absolute Gasteiger partial charge is 0.244 e. The Morgan fingerprint density at radius 1 is 1.06 bits per heavy atom. The molecule has 2 aromatic carbocycles. The molecule has 0 bridgehead atoms. The van der Waals surface area contributed by atoms with E-state index in [1.54, 1.807) is 44.2 Å². The van der Waals surface area contributed by atoms with Crippen LogP contribution in [0.1, 0.15) is 38.8 Å². The molecule has 11 heteroatoms. The standard InChI is InChI=1S/C24H30Cl3N3O4S/c1-15-10-11-17(25)12-21(15)30(35(6,33)34)14-22(31)29(16(2)23(32)28-24(3,4)5)13-18-19(26)8-7-9-20(18)27/h7-12,16H,13-14H2,1-6H3,(H,28,32). The van der Waals surface area contributed by atoms with Crippen LogP contribution >= 0.6 is 34.8 Å². The average molecular weight is 563 g/mol. The van der Waals surface area contributed by atoms with Gasteiger partial charge in [-0.2, -0.15) is 0 Å². The monoisotopic (exact) mass is 561 g/mol. The van der Waals surface area contributed by atoms with Crippen molar-refractivity contribution in [3.8, 4) is 0 Å². The second kappa shape index (κ2) is 11.4. The summed E-state index contributed by atoms with van der Waals surface area (Å²) in [5.74, 6) is -1.01. The average Bonchev–Trinajstić information content (AvgIpc) is 2.71. The molecule has 2 aromatic rings.